The van der Waals surface area contributed by atoms with Gasteiger partial charge in [-0.3, -0.25) is 4.98 Å². The van der Waals surface area contributed by atoms with Crippen molar-refractivity contribution < 1.29 is 4.74 Å². The van der Waals surface area contributed by atoms with E-state index in [4.69, 9.17) is 4.74 Å². The minimum atomic E-state index is 0.224. The average Bonchev–Trinajstić information content (AvgIpc) is 2.45. The standard InChI is InChI=1S/C18H29NOS/c1-14(2)20-18-8-10-19-17(12-18)13-21-11-9-16-6-4-15(3)5-7-16/h8,10,12,14-16H,4-7,9,11,13H2,1-3H3. The number of ether oxygens (including phenoxy) is 1. The molecule has 0 aromatic carbocycles. The highest BCUT2D eigenvalue weighted by molar-refractivity contribution is 7.98. The summed E-state index contributed by atoms with van der Waals surface area (Å²) in [4.78, 5) is 4.44. The molecule has 1 heterocycles. The van der Waals surface area contributed by atoms with Gasteiger partial charge >= 0.3 is 0 Å². The number of thioether (sulfide) groups is 1. The zero-order valence-corrected chi connectivity index (χ0v) is 14.5. The molecule has 0 aliphatic heterocycles. The van der Waals surface area contributed by atoms with Gasteiger partial charge in [-0.05, 0) is 43.9 Å². The van der Waals surface area contributed by atoms with Crippen LogP contribution in [0.3, 0.4) is 0 Å². The first-order valence-electron chi connectivity index (χ1n) is 8.33. The molecule has 0 bridgehead atoms. The van der Waals surface area contributed by atoms with Crippen molar-refractivity contribution in [3.63, 3.8) is 0 Å². The second kappa shape index (κ2) is 8.67. The van der Waals surface area contributed by atoms with Gasteiger partial charge in [-0.2, -0.15) is 11.8 Å². The molecule has 0 saturated heterocycles. The molecule has 118 valence electrons. The summed E-state index contributed by atoms with van der Waals surface area (Å²) < 4.78 is 5.72. The largest absolute Gasteiger partial charge is 0.491 e. The summed E-state index contributed by atoms with van der Waals surface area (Å²) in [6.45, 7) is 6.50. The van der Waals surface area contributed by atoms with E-state index < -0.39 is 0 Å². The SMILES string of the molecule is CC1CCC(CCSCc2cc(OC(C)C)ccn2)CC1. The van der Waals surface area contributed by atoms with Crippen LogP contribution < -0.4 is 4.74 Å². The molecule has 0 atom stereocenters. The maximum absolute atomic E-state index is 5.72. The molecule has 1 aromatic heterocycles. The Morgan fingerprint density at radius 3 is 2.76 bits per heavy atom. The van der Waals surface area contributed by atoms with Crippen LogP contribution in [0.2, 0.25) is 0 Å². The summed E-state index contributed by atoms with van der Waals surface area (Å²) in [5.74, 6) is 5.13. The van der Waals surface area contributed by atoms with Crippen LogP contribution in [-0.4, -0.2) is 16.8 Å². The molecule has 1 saturated carbocycles. The van der Waals surface area contributed by atoms with E-state index in [0.717, 1.165) is 29.0 Å². The van der Waals surface area contributed by atoms with Crippen LogP contribution in [0.25, 0.3) is 0 Å². The molecular formula is C18H29NOS. The first-order chi connectivity index (χ1) is 10.1. The van der Waals surface area contributed by atoms with E-state index in [1.54, 1.807) is 0 Å². The molecule has 0 unspecified atom stereocenters. The molecule has 0 N–H and O–H groups in total. The maximum atomic E-state index is 5.72. The van der Waals surface area contributed by atoms with Gasteiger partial charge in [0, 0.05) is 18.0 Å². The van der Waals surface area contributed by atoms with Gasteiger partial charge in [0.2, 0.25) is 0 Å². The van der Waals surface area contributed by atoms with Crippen LogP contribution >= 0.6 is 11.8 Å². The fourth-order valence-corrected chi connectivity index (χ4v) is 3.94. The van der Waals surface area contributed by atoms with Crippen molar-refractivity contribution in [2.24, 2.45) is 11.8 Å². The molecule has 1 aromatic rings. The van der Waals surface area contributed by atoms with Gasteiger partial charge in [0.1, 0.15) is 5.75 Å². The highest BCUT2D eigenvalue weighted by atomic mass is 32.2. The predicted octanol–water partition coefficient (Wildman–Crippen LogP) is 5.32. The number of hydrogen-bond donors (Lipinski definition) is 0. The van der Waals surface area contributed by atoms with Gasteiger partial charge in [-0.25, -0.2) is 0 Å². The lowest BCUT2D eigenvalue weighted by Crippen LogP contribution is -2.12. The summed E-state index contributed by atoms with van der Waals surface area (Å²) in [7, 11) is 0. The number of rotatable bonds is 7. The highest BCUT2D eigenvalue weighted by Gasteiger charge is 2.17. The van der Waals surface area contributed by atoms with Crippen LogP contribution in [0.4, 0.5) is 0 Å². The summed E-state index contributed by atoms with van der Waals surface area (Å²) in [6, 6.07) is 4.02. The zero-order valence-electron chi connectivity index (χ0n) is 13.7. The third-order valence-electron chi connectivity index (χ3n) is 4.22. The first-order valence-corrected chi connectivity index (χ1v) is 9.48. The molecule has 3 heteroatoms. The molecule has 0 radical (unpaired) electrons. The number of pyridine rings is 1. The molecule has 2 rings (SSSR count). The van der Waals surface area contributed by atoms with E-state index in [1.807, 2.05) is 24.0 Å². The Bertz CT molecular complexity index is 413. The highest BCUT2D eigenvalue weighted by Crippen LogP contribution is 2.31. The van der Waals surface area contributed by atoms with E-state index in [1.165, 1.54) is 37.9 Å². The minimum Gasteiger partial charge on any atom is -0.491 e. The Labute approximate surface area is 134 Å². The lowest BCUT2D eigenvalue weighted by atomic mass is 9.82. The van der Waals surface area contributed by atoms with Crippen molar-refractivity contribution in [1.29, 1.82) is 0 Å². The second-order valence-corrected chi connectivity index (χ2v) is 7.72. The van der Waals surface area contributed by atoms with Gasteiger partial charge in [-0.1, -0.05) is 32.6 Å². The van der Waals surface area contributed by atoms with Crippen LogP contribution in [0, 0.1) is 11.8 Å². The normalized spacial score (nSPS) is 22.5. The molecule has 0 amide bonds. The number of aromatic nitrogens is 1. The smallest absolute Gasteiger partial charge is 0.123 e. The predicted molar refractivity (Wildman–Crippen MR) is 91.9 cm³/mol. The summed E-state index contributed by atoms with van der Waals surface area (Å²) in [6.07, 6.45) is 9.21. The van der Waals surface area contributed by atoms with E-state index in [2.05, 4.69) is 31.8 Å². The maximum Gasteiger partial charge on any atom is 0.123 e. The van der Waals surface area contributed by atoms with Gasteiger partial charge in [0.25, 0.3) is 0 Å². The molecular weight excluding hydrogens is 278 g/mol. The quantitative estimate of drug-likeness (QED) is 0.637. The second-order valence-electron chi connectivity index (χ2n) is 6.62. The van der Waals surface area contributed by atoms with Crippen molar-refractivity contribution in [3.8, 4) is 5.75 Å². The van der Waals surface area contributed by atoms with Crippen molar-refractivity contribution in [1.82, 2.24) is 4.98 Å². The van der Waals surface area contributed by atoms with E-state index in [-0.39, 0.29) is 6.10 Å². The fraction of sp³-hybridized carbons (Fsp3) is 0.722. The van der Waals surface area contributed by atoms with Crippen molar-refractivity contribution in [2.45, 2.75) is 64.7 Å². The van der Waals surface area contributed by atoms with Gasteiger partial charge in [0.15, 0.2) is 0 Å². The number of hydrogen-bond acceptors (Lipinski definition) is 3. The van der Waals surface area contributed by atoms with E-state index >= 15 is 0 Å². The van der Waals surface area contributed by atoms with Gasteiger partial charge < -0.3 is 4.74 Å². The van der Waals surface area contributed by atoms with Crippen molar-refractivity contribution in [2.75, 3.05) is 5.75 Å². The lowest BCUT2D eigenvalue weighted by Gasteiger charge is -2.25. The number of nitrogens with zero attached hydrogens (tertiary/aromatic N) is 1. The van der Waals surface area contributed by atoms with Crippen LogP contribution in [0.15, 0.2) is 18.3 Å². The van der Waals surface area contributed by atoms with Crippen molar-refractivity contribution >= 4 is 11.8 Å². The third-order valence-corrected chi connectivity index (χ3v) is 5.24. The molecule has 0 spiro atoms. The Morgan fingerprint density at radius 1 is 1.29 bits per heavy atom. The van der Waals surface area contributed by atoms with Gasteiger partial charge in [0.05, 0.1) is 11.8 Å². The summed E-state index contributed by atoms with van der Waals surface area (Å²) in [5.41, 5.74) is 1.13. The van der Waals surface area contributed by atoms with Crippen LogP contribution in [0.5, 0.6) is 5.75 Å². The minimum absolute atomic E-state index is 0.224. The molecule has 1 aliphatic carbocycles. The van der Waals surface area contributed by atoms with Crippen LogP contribution in [0.1, 0.15) is 58.6 Å². The third kappa shape index (κ3) is 6.29. The first kappa shape index (κ1) is 16.7. The summed E-state index contributed by atoms with van der Waals surface area (Å²) in [5, 5.41) is 0. The average molecular weight is 308 g/mol. The fourth-order valence-electron chi connectivity index (χ4n) is 2.92. The van der Waals surface area contributed by atoms with Gasteiger partial charge in [-0.15, -0.1) is 0 Å². The molecule has 21 heavy (non-hydrogen) atoms. The Hall–Kier alpha value is -0.700. The Balaban J connectivity index is 1.66. The molecule has 1 fully saturated rings. The molecule has 2 nitrogen and oxygen atoms in total. The monoisotopic (exact) mass is 307 g/mol. The zero-order chi connectivity index (χ0) is 15.1. The molecule has 1 aliphatic rings. The Morgan fingerprint density at radius 2 is 2.05 bits per heavy atom. The van der Waals surface area contributed by atoms with E-state index in [0.29, 0.717) is 0 Å². The lowest BCUT2D eigenvalue weighted by molar-refractivity contribution is 0.242. The Kier molecular flexibility index (Phi) is 6.88. The van der Waals surface area contributed by atoms with Crippen molar-refractivity contribution in [3.05, 3.63) is 24.0 Å². The summed E-state index contributed by atoms with van der Waals surface area (Å²) >= 11 is 2.01. The topological polar surface area (TPSA) is 22.1 Å². The van der Waals surface area contributed by atoms with Crippen LogP contribution in [-0.2, 0) is 5.75 Å². The van der Waals surface area contributed by atoms with E-state index in [9.17, 15) is 0 Å².